The summed E-state index contributed by atoms with van der Waals surface area (Å²) in [6.07, 6.45) is -5.47. The lowest BCUT2D eigenvalue weighted by molar-refractivity contribution is -0.171. The summed E-state index contributed by atoms with van der Waals surface area (Å²) >= 11 is 0. The molecule has 3 rings (SSSR count). The number of hydrogen-bond donors (Lipinski definition) is 0. The fraction of sp³-hybridized carbons (Fsp3) is 0.250. The zero-order chi connectivity index (χ0) is 19.6. The molecule has 2 atom stereocenters. The Balaban J connectivity index is 1.86. The van der Waals surface area contributed by atoms with Crippen molar-refractivity contribution in [3.05, 3.63) is 83.7 Å². The van der Waals surface area contributed by atoms with Gasteiger partial charge in [0, 0.05) is 6.54 Å². The largest absolute Gasteiger partial charge is 0.445 e. The van der Waals surface area contributed by atoms with E-state index in [2.05, 4.69) is 6.58 Å². The van der Waals surface area contributed by atoms with Gasteiger partial charge in [0.25, 0.3) is 0 Å². The standard InChI is InChI=1S/C20H17F4NO2/c1-13-11-25(19(26)27-12-14-5-3-2-4-6-14)18(17(13)20(22,23)24)15-7-9-16(21)10-8-15/h2-10,17-18H,1,11-12H2/t17-,18-/m0/s1. The van der Waals surface area contributed by atoms with Crippen LogP contribution in [0.4, 0.5) is 22.4 Å². The van der Waals surface area contributed by atoms with E-state index in [4.69, 9.17) is 4.74 Å². The van der Waals surface area contributed by atoms with Crippen LogP contribution in [0.5, 0.6) is 0 Å². The van der Waals surface area contributed by atoms with Gasteiger partial charge in [-0.3, -0.25) is 4.90 Å². The highest BCUT2D eigenvalue weighted by Crippen LogP contribution is 2.48. The second-order valence-electron chi connectivity index (χ2n) is 6.34. The molecule has 142 valence electrons. The Labute approximate surface area is 153 Å². The third-order valence-electron chi connectivity index (χ3n) is 4.47. The minimum Gasteiger partial charge on any atom is -0.445 e. The van der Waals surface area contributed by atoms with Crippen LogP contribution in [0.3, 0.4) is 0 Å². The molecule has 0 N–H and O–H groups in total. The summed E-state index contributed by atoms with van der Waals surface area (Å²) in [4.78, 5) is 13.5. The molecule has 2 aromatic rings. The second kappa shape index (κ2) is 7.42. The third-order valence-corrected chi connectivity index (χ3v) is 4.47. The smallest absolute Gasteiger partial charge is 0.410 e. The summed E-state index contributed by atoms with van der Waals surface area (Å²) in [6.45, 7) is 3.16. The highest BCUT2D eigenvalue weighted by Gasteiger charge is 2.54. The van der Waals surface area contributed by atoms with E-state index >= 15 is 0 Å². The summed E-state index contributed by atoms with van der Waals surface area (Å²) in [7, 11) is 0. The average Bonchev–Trinajstić information content (AvgIpc) is 2.99. The Hall–Kier alpha value is -2.83. The molecule has 1 heterocycles. The minimum absolute atomic E-state index is 0.0600. The van der Waals surface area contributed by atoms with Crippen molar-refractivity contribution in [1.82, 2.24) is 4.90 Å². The molecule has 7 heteroatoms. The maximum Gasteiger partial charge on any atom is 0.410 e. The molecule has 0 aromatic heterocycles. The molecule has 0 bridgehead atoms. The highest BCUT2D eigenvalue weighted by atomic mass is 19.4. The van der Waals surface area contributed by atoms with Crippen molar-refractivity contribution in [3.8, 4) is 0 Å². The van der Waals surface area contributed by atoms with Gasteiger partial charge < -0.3 is 4.74 Å². The Morgan fingerprint density at radius 3 is 2.33 bits per heavy atom. The molecule has 3 nitrogen and oxygen atoms in total. The van der Waals surface area contributed by atoms with Gasteiger partial charge >= 0.3 is 12.3 Å². The Kier molecular flexibility index (Phi) is 5.21. The minimum atomic E-state index is -4.59. The van der Waals surface area contributed by atoms with Crippen LogP contribution >= 0.6 is 0 Å². The zero-order valence-electron chi connectivity index (χ0n) is 14.2. The molecule has 2 aromatic carbocycles. The van der Waals surface area contributed by atoms with Gasteiger partial charge in [0.05, 0.1) is 6.04 Å². The summed E-state index contributed by atoms with van der Waals surface area (Å²) in [5.74, 6) is -2.51. The summed E-state index contributed by atoms with van der Waals surface area (Å²) in [5.41, 5.74) is 0.761. The number of carbonyl (C=O) groups is 1. The molecule has 1 aliphatic rings. The molecule has 0 saturated carbocycles. The number of benzene rings is 2. The second-order valence-corrected chi connectivity index (χ2v) is 6.34. The van der Waals surface area contributed by atoms with Crippen LogP contribution in [0.15, 0.2) is 66.7 Å². The Morgan fingerprint density at radius 2 is 1.74 bits per heavy atom. The molecule has 1 saturated heterocycles. The lowest BCUT2D eigenvalue weighted by Crippen LogP contribution is -2.36. The number of ether oxygens (including phenoxy) is 1. The number of halogens is 4. The van der Waals surface area contributed by atoms with E-state index in [-0.39, 0.29) is 24.3 Å². The van der Waals surface area contributed by atoms with Gasteiger partial charge in [-0.1, -0.05) is 49.0 Å². The number of likely N-dealkylation sites (tertiary alicyclic amines) is 1. The van der Waals surface area contributed by atoms with Crippen LogP contribution in [0.1, 0.15) is 17.2 Å². The van der Waals surface area contributed by atoms with Crippen LogP contribution < -0.4 is 0 Å². The predicted octanol–water partition coefficient (Wildman–Crippen LogP) is 5.25. The predicted molar refractivity (Wildman–Crippen MR) is 91.2 cm³/mol. The maximum absolute atomic E-state index is 13.6. The molecular formula is C20H17F4NO2. The fourth-order valence-corrected chi connectivity index (χ4v) is 3.24. The van der Waals surface area contributed by atoms with Gasteiger partial charge in [-0.05, 0) is 28.8 Å². The first kappa shape index (κ1) is 18.9. The number of amides is 1. The first-order valence-electron chi connectivity index (χ1n) is 8.24. The number of carbonyl (C=O) groups excluding carboxylic acids is 1. The van der Waals surface area contributed by atoms with Crippen LogP contribution in [-0.4, -0.2) is 23.7 Å². The van der Waals surface area contributed by atoms with E-state index in [9.17, 15) is 22.4 Å². The van der Waals surface area contributed by atoms with Crippen LogP contribution in [0.25, 0.3) is 0 Å². The van der Waals surface area contributed by atoms with Gasteiger partial charge in [-0.15, -0.1) is 0 Å². The lowest BCUT2D eigenvalue weighted by atomic mass is 9.91. The fourth-order valence-electron chi connectivity index (χ4n) is 3.24. The molecule has 0 aliphatic carbocycles. The van der Waals surface area contributed by atoms with E-state index in [1.54, 1.807) is 30.3 Å². The van der Waals surface area contributed by atoms with Gasteiger partial charge in [0.1, 0.15) is 18.3 Å². The van der Waals surface area contributed by atoms with Crippen molar-refractivity contribution in [1.29, 1.82) is 0 Å². The molecule has 0 spiro atoms. The molecule has 0 radical (unpaired) electrons. The molecule has 27 heavy (non-hydrogen) atoms. The Bertz CT molecular complexity index is 818. The van der Waals surface area contributed by atoms with Crippen molar-refractivity contribution in [2.24, 2.45) is 5.92 Å². The van der Waals surface area contributed by atoms with Crippen molar-refractivity contribution < 1.29 is 27.1 Å². The van der Waals surface area contributed by atoms with E-state index in [0.29, 0.717) is 0 Å². The van der Waals surface area contributed by atoms with Crippen LogP contribution in [0.2, 0.25) is 0 Å². The lowest BCUT2D eigenvalue weighted by Gasteiger charge is -2.29. The quantitative estimate of drug-likeness (QED) is 0.538. The van der Waals surface area contributed by atoms with Crippen molar-refractivity contribution in [2.75, 3.05) is 6.54 Å². The molecule has 0 unspecified atom stereocenters. The summed E-state index contributed by atoms with van der Waals surface area (Å²) in [6, 6.07) is 12.1. The van der Waals surface area contributed by atoms with Gasteiger partial charge in [0.15, 0.2) is 0 Å². The summed E-state index contributed by atoms with van der Waals surface area (Å²) < 4.78 is 59.2. The highest BCUT2D eigenvalue weighted by molar-refractivity contribution is 5.70. The first-order chi connectivity index (χ1) is 12.8. The normalized spacial score (nSPS) is 20.0. The van der Waals surface area contributed by atoms with Gasteiger partial charge in [-0.2, -0.15) is 13.2 Å². The number of nitrogens with zero attached hydrogens (tertiary/aromatic N) is 1. The van der Waals surface area contributed by atoms with Crippen molar-refractivity contribution in [2.45, 2.75) is 18.8 Å². The number of hydrogen-bond acceptors (Lipinski definition) is 2. The van der Waals surface area contributed by atoms with Crippen molar-refractivity contribution >= 4 is 6.09 Å². The van der Waals surface area contributed by atoms with E-state index in [1.165, 1.54) is 12.1 Å². The molecule has 1 fully saturated rings. The van der Waals surface area contributed by atoms with Crippen LogP contribution in [0, 0.1) is 11.7 Å². The molecule has 1 amide bonds. The number of rotatable bonds is 3. The van der Waals surface area contributed by atoms with E-state index in [0.717, 1.165) is 22.6 Å². The summed E-state index contributed by atoms with van der Waals surface area (Å²) in [5, 5.41) is 0. The molecular weight excluding hydrogens is 362 g/mol. The van der Waals surface area contributed by atoms with Gasteiger partial charge in [0.2, 0.25) is 0 Å². The van der Waals surface area contributed by atoms with Crippen LogP contribution in [-0.2, 0) is 11.3 Å². The number of alkyl halides is 3. The third kappa shape index (κ3) is 4.13. The average molecular weight is 379 g/mol. The van der Waals surface area contributed by atoms with E-state index < -0.39 is 30.0 Å². The Morgan fingerprint density at radius 1 is 1.11 bits per heavy atom. The van der Waals surface area contributed by atoms with Gasteiger partial charge in [-0.25, -0.2) is 9.18 Å². The van der Waals surface area contributed by atoms with Crippen molar-refractivity contribution in [3.63, 3.8) is 0 Å². The topological polar surface area (TPSA) is 29.5 Å². The first-order valence-corrected chi connectivity index (χ1v) is 8.24. The SMILES string of the molecule is C=C1CN(C(=O)OCc2ccccc2)[C@@H](c2ccc(F)cc2)[C@H]1C(F)(F)F. The monoisotopic (exact) mass is 379 g/mol. The zero-order valence-corrected chi connectivity index (χ0v) is 14.2. The maximum atomic E-state index is 13.6. The van der Waals surface area contributed by atoms with E-state index in [1.807, 2.05) is 0 Å². The molecule has 1 aliphatic heterocycles.